The maximum atomic E-state index is 3.41. The van der Waals surface area contributed by atoms with Crippen molar-refractivity contribution in [2.24, 2.45) is 0 Å². The topological polar surface area (TPSA) is 18.5 Å². The molecule has 0 unspecified atom stereocenters. The van der Waals surface area contributed by atoms with E-state index in [4.69, 9.17) is 0 Å². The first kappa shape index (κ1) is 15.1. The first-order valence-electron chi connectivity index (χ1n) is 8.08. The summed E-state index contributed by atoms with van der Waals surface area (Å²) in [5.74, 6) is 0. The van der Waals surface area contributed by atoms with Gasteiger partial charge in [0, 0.05) is 52.0 Å². The fourth-order valence-electron chi connectivity index (χ4n) is 2.97. The SMILES string of the molecule is CN(Cc1ccccc1)c1cccc(CN2CCNCC2)c1. The Labute approximate surface area is 133 Å². The van der Waals surface area contributed by atoms with E-state index in [0.29, 0.717) is 0 Å². The average molecular weight is 295 g/mol. The van der Waals surface area contributed by atoms with Crippen molar-refractivity contribution in [1.82, 2.24) is 10.2 Å². The standard InChI is InChI=1S/C19H25N3/c1-21(15-17-6-3-2-4-7-17)19-9-5-8-18(14-19)16-22-12-10-20-11-13-22/h2-9,14,20H,10-13,15-16H2,1H3. The first-order chi connectivity index (χ1) is 10.8. The van der Waals surface area contributed by atoms with Gasteiger partial charge in [-0.3, -0.25) is 4.90 Å². The van der Waals surface area contributed by atoms with E-state index >= 15 is 0 Å². The molecule has 1 fully saturated rings. The second-order valence-electron chi connectivity index (χ2n) is 6.04. The van der Waals surface area contributed by atoms with Crippen LogP contribution in [0, 0.1) is 0 Å². The minimum atomic E-state index is 0.942. The molecule has 1 aliphatic rings. The zero-order valence-electron chi connectivity index (χ0n) is 13.3. The van der Waals surface area contributed by atoms with E-state index in [2.05, 4.69) is 76.8 Å². The fraction of sp³-hybridized carbons (Fsp3) is 0.368. The second kappa shape index (κ2) is 7.43. The van der Waals surface area contributed by atoms with Crippen molar-refractivity contribution in [2.45, 2.75) is 13.1 Å². The molecule has 0 atom stereocenters. The Morgan fingerprint density at radius 1 is 0.955 bits per heavy atom. The molecule has 1 aliphatic heterocycles. The van der Waals surface area contributed by atoms with Crippen LogP contribution in [0.25, 0.3) is 0 Å². The third-order valence-corrected chi connectivity index (χ3v) is 4.23. The number of anilines is 1. The van der Waals surface area contributed by atoms with Crippen molar-refractivity contribution in [2.75, 3.05) is 38.1 Å². The molecule has 1 N–H and O–H groups in total. The molecule has 0 radical (unpaired) electrons. The van der Waals surface area contributed by atoms with Crippen molar-refractivity contribution in [3.63, 3.8) is 0 Å². The van der Waals surface area contributed by atoms with Gasteiger partial charge in [0.1, 0.15) is 0 Å². The molecule has 0 saturated carbocycles. The summed E-state index contributed by atoms with van der Waals surface area (Å²) in [5.41, 5.74) is 4.04. The maximum Gasteiger partial charge on any atom is 0.0426 e. The summed E-state index contributed by atoms with van der Waals surface area (Å²) in [6, 6.07) is 19.6. The van der Waals surface area contributed by atoms with Gasteiger partial charge in [-0.05, 0) is 23.3 Å². The molecule has 116 valence electrons. The lowest BCUT2D eigenvalue weighted by atomic mass is 10.1. The molecule has 1 saturated heterocycles. The number of nitrogens with one attached hydrogen (secondary N) is 1. The van der Waals surface area contributed by atoms with Gasteiger partial charge in [0.25, 0.3) is 0 Å². The van der Waals surface area contributed by atoms with E-state index in [1.807, 2.05) is 0 Å². The van der Waals surface area contributed by atoms with E-state index in [1.54, 1.807) is 0 Å². The van der Waals surface area contributed by atoms with E-state index in [0.717, 1.165) is 39.3 Å². The molecule has 22 heavy (non-hydrogen) atoms. The largest absolute Gasteiger partial charge is 0.370 e. The lowest BCUT2D eigenvalue weighted by Crippen LogP contribution is -2.42. The predicted octanol–water partition coefficient (Wildman–Crippen LogP) is 2.73. The predicted molar refractivity (Wildman–Crippen MR) is 93.1 cm³/mol. The summed E-state index contributed by atoms with van der Waals surface area (Å²) in [6.45, 7) is 6.49. The molecule has 0 aliphatic carbocycles. The Morgan fingerprint density at radius 2 is 1.68 bits per heavy atom. The summed E-state index contributed by atoms with van der Waals surface area (Å²) >= 11 is 0. The number of hydrogen-bond acceptors (Lipinski definition) is 3. The molecule has 1 heterocycles. The highest BCUT2D eigenvalue weighted by Gasteiger charge is 2.10. The molecule has 0 aromatic heterocycles. The lowest BCUT2D eigenvalue weighted by molar-refractivity contribution is 0.233. The summed E-state index contributed by atoms with van der Waals surface area (Å²) in [6.07, 6.45) is 0. The van der Waals surface area contributed by atoms with Gasteiger partial charge in [-0.25, -0.2) is 0 Å². The van der Waals surface area contributed by atoms with Crippen LogP contribution in [-0.2, 0) is 13.1 Å². The van der Waals surface area contributed by atoms with Gasteiger partial charge in [-0.1, -0.05) is 42.5 Å². The molecule has 3 rings (SSSR count). The average Bonchev–Trinajstić information content (AvgIpc) is 2.57. The highest BCUT2D eigenvalue weighted by atomic mass is 15.2. The normalized spacial score (nSPS) is 15.7. The monoisotopic (exact) mass is 295 g/mol. The second-order valence-corrected chi connectivity index (χ2v) is 6.04. The van der Waals surface area contributed by atoms with Crippen LogP contribution in [0.2, 0.25) is 0 Å². The number of piperazine rings is 1. The van der Waals surface area contributed by atoms with E-state index < -0.39 is 0 Å². The van der Waals surface area contributed by atoms with Gasteiger partial charge in [0.2, 0.25) is 0 Å². The summed E-state index contributed by atoms with van der Waals surface area (Å²) in [4.78, 5) is 4.84. The Morgan fingerprint density at radius 3 is 2.45 bits per heavy atom. The Hall–Kier alpha value is -1.84. The molecule has 0 amide bonds. The van der Waals surface area contributed by atoms with E-state index in [-0.39, 0.29) is 0 Å². The van der Waals surface area contributed by atoms with Crippen LogP contribution in [0.5, 0.6) is 0 Å². The Balaban J connectivity index is 1.64. The molecule has 3 heteroatoms. The van der Waals surface area contributed by atoms with Crippen LogP contribution in [0.1, 0.15) is 11.1 Å². The van der Waals surface area contributed by atoms with Crippen molar-refractivity contribution in [3.05, 3.63) is 65.7 Å². The van der Waals surface area contributed by atoms with Crippen molar-refractivity contribution in [1.29, 1.82) is 0 Å². The van der Waals surface area contributed by atoms with Crippen LogP contribution >= 0.6 is 0 Å². The number of benzene rings is 2. The Kier molecular flexibility index (Phi) is 5.09. The van der Waals surface area contributed by atoms with E-state index in [9.17, 15) is 0 Å². The molecular weight excluding hydrogens is 270 g/mol. The molecule has 3 nitrogen and oxygen atoms in total. The van der Waals surface area contributed by atoms with Crippen molar-refractivity contribution >= 4 is 5.69 Å². The third kappa shape index (κ3) is 4.09. The van der Waals surface area contributed by atoms with Gasteiger partial charge >= 0.3 is 0 Å². The number of rotatable bonds is 5. The molecule has 0 spiro atoms. The van der Waals surface area contributed by atoms with Gasteiger partial charge in [-0.15, -0.1) is 0 Å². The summed E-state index contributed by atoms with van der Waals surface area (Å²) < 4.78 is 0. The van der Waals surface area contributed by atoms with Crippen molar-refractivity contribution in [3.8, 4) is 0 Å². The molecule has 2 aromatic carbocycles. The Bertz CT molecular complexity index is 576. The van der Waals surface area contributed by atoms with Crippen LogP contribution in [-0.4, -0.2) is 38.1 Å². The summed E-state index contributed by atoms with van der Waals surface area (Å²) in [5, 5.41) is 3.41. The summed E-state index contributed by atoms with van der Waals surface area (Å²) in [7, 11) is 2.16. The maximum absolute atomic E-state index is 3.41. The smallest absolute Gasteiger partial charge is 0.0426 e. The van der Waals surface area contributed by atoms with E-state index in [1.165, 1.54) is 16.8 Å². The molecule has 2 aromatic rings. The number of nitrogens with zero attached hydrogens (tertiary/aromatic N) is 2. The van der Waals surface area contributed by atoms with Gasteiger partial charge in [0.05, 0.1) is 0 Å². The zero-order valence-corrected chi connectivity index (χ0v) is 13.3. The lowest BCUT2D eigenvalue weighted by Gasteiger charge is -2.27. The zero-order chi connectivity index (χ0) is 15.2. The minimum absolute atomic E-state index is 0.942. The first-order valence-corrected chi connectivity index (χ1v) is 8.08. The minimum Gasteiger partial charge on any atom is -0.370 e. The fourth-order valence-corrected chi connectivity index (χ4v) is 2.97. The molecule has 0 bridgehead atoms. The molecular formula is C19H25N3. The highest BCUT2D eigenvalue weighted by Crippen LogP contribution is 2.18. The quantitative estimate of drug-likeness (QED) is 0.915. The van der Waals surface area contributed by atoms with Crippen LogP contribution in [0.4, 0.5) is 5.69 Å². The van der Waals surface area contributed by atoms with Crippen LogP contribution in [0.15, 0.2) is 54.6 Å². The third-order valence-electron chi connectivity index (χ3n) is 4.23. The van der Waals surface area contributed by atoms with Crippen molar-refractivity contribution < 1.29 is 0 Å². The number of hydrogen-bond donors (Lipinski definition) is 1. The highest BCUT2D eigenvalue weighted by molar-refractivity contribution is 5.48. The van der Waals surface area contributed by atoms with Gasteiger partial charge in [-0.2, -0.15) is 0 Å². The van der Waals surface area contributed by atoms with Crippen LogP contribution in [0.3, 0.4) is 0 Å². The van der Waals surface area contributed by atoms with Gasteiger partial charge in [0.15, 0.2) is 0 Å². The van der Waals surface area contributed by atoms with Crippen LogP contribution < -0.4 is 10.2 Å². The van der Waals surface area contributed by atoms with Gasteiger partial charge < -0.3 is 10.2 Å².